The monoisotopic (exact) mass is 300 g/mol. The lowest BCUT2D eigenvalue weighted by Crippen LogP contribution is -2.19. The second-order valence-electron chi connectivity index (χ2n) is 6.69. The molecule has 0 fully saturated rings. The van der Waals surface area contributed by atoms with Gasteiger partial charge in [0, 0.05) is 28.9 Å². The van der Waals surface area contributed by atoms with Crippen LogP contribution in [0, 0.1) is 0 Å². The molecule has 3 heteroatoms. The zero-order chi connectivity index (χ0) is 15.6. The molecule has 0 amide bonds. The van der Waals surface area contributed by atoms with E-state index in [9.17, 15) is 0 Å². The molecule has 2 aromatic heterocycles. The lowest BCUT2D eigenvalue weighted by atomic mass is 9.77. The largest absolute Gasteiger partial charge is 0.472 e. The Bertz CT molecular complexity index is 960. The van der Waals surface area contributed by atoms with E-state index < -0.39 is 0 Å². The summed E-state index contributed by atoms with van der Waals surface area (Å²) in [5.41, 5.74) is 8.50. The van der Waals surface area contributed by atoms with E-state index in [-0.39, 0.29) is 5.41 Å². The number of benzene rings is 1. The first-order valence-electron chi connectivity index (χ1n) is 7.88. The van der Waals surface area contributed by atoms with Gasteiger partial charge < -0.3 is 4.74 Å². The summed E-state index contributed by atoms with van der Waals surface area (Å²) in [6, 6.07) is 12.7. The van der Waals surface area contributed by atoms with E-state index in [4.69, 9.17) is 4.74 Å². The van der Waals surface area contributed by atoms with Crippen molar-refractivity contribution in [2.24, 2.45) is 0 Å². The highest BCUT2D eigenvalue weighted by atomic mass is 16.5. The third-order valence-electron chi connectivity index (χ3n) is 5.06. The molecule has 0 saturated heterocycles. The zero-order valence-electron chi connectivity index (χ0n) is 13.1. The van der Waals surface area contributed by atoms with Crippen molar-refractivity contribution in [2.45, 2.75) is 25.9 Å². The fourth-order valence-electron chi connectivity index (χ4n) is 4.02. The maximum atomic E-state index is 5.83. The molecular weight excluding hydrogens is 284 g/mol. The SMILES string of the molecule is CC1(C)c2cccnc2-c2ccc3c(c21)-c1cccnc1OC3. The molecule has 3 aromatic rings. The maximum absolute atomic E-state index is 5.83. The van der Waals surface area contributed by atoms with Gasteiger partial charge in [0.25, 0.3) is 0 Å². The minimum Gasteiger partial charge on any atom is -0.472 e. The molecule has 0 unspecified atom stereocenters. The van der Waals surface area contributed by atoms with Crippen molar-refractivity contribution in [3.63, 3.8) is 0 Å². The molecule has 0 saturated carbocycles. The summed E-state index contributed by atoms with van der Waals surface area (Å²) in [5.74, 6) is 0.730. The Morgan fingerprint density at radius 1 is 0.957 bits per heavy atom. The zero-order valence-corrected chi connectivity index (χ0v) is 13.1. The fourth-order valence-corrected chi connectivity index (χ4v) is 4.02. The van der Waals surface area contributed by atoms with E-state index >= 15 is 0 Å². The Morgan fingerprint density at radius 2 is 1.78 bits per heavy atom. The van der Waals surface area contributed by atoms with Gasteiger partial charge in [0.05, 0.1) is 5.69 Å². The van der Waals surface area contributed by atoms with Crippen molar-refractivity contribution in [1.29, 1.82) is 0 Å². The molecule has 23 heavy (non-hydrogen) atoms. The highest BCUT2D eigenvalue weighted by Crippen LogP contribution is 2.53. The third-order valence-corrected chi connectivity index (χ3v) is 5.06. The van der Waals surface area contributed by atoms with Crippen LogP contribution in [0.5, 0.6) is 5.88 Å². The van der Waals surface area contributed by atoms with Crippen LogP contribution in [0.3, 0.4) is 0 Å². The minimum atomic E-state index is -0.0747. The second kappa shape index (κ2) is 4.19. The summed E-state index contributed by atoms with van der Waals surface area (Å²) < 4.78 is 5.83. The molecule has 1 aromatic carbocycles. The molecule has 0 N–H and O–H groups in total. The topological polar surface area (TPSA) is 35.0 Å². The molecule has 3 nitrogen and oxygen atoms in total. The van der Waals surface area contributed by atoms with Crippen LogP contribution in [-0.2, 0) is 12.0 Å². The Hall–Kier alpha value is -2.68. The van der Waals surface area contributed by atoms with Crippen LogP contribution < -0.4 is 4.74 Å². The Kier molecular flexibility index (Phi) is 2.34. The normalized spacial score (nSPS) is 15.9. The average Bonchev–Trinajstić information content (AvgIpc) is 2.83. The van der Waals surface area contributed by atoms with Crippen molar-refractivity contribution >= 4 is 0 Å². The molecule has 0 bridgehead atoms. The predicted octanol–water partition coefficient (Wildman–Crippen LogP) is 4.34. The van der Waals surface area contributed by atoms with Crippen molar-refractivity contribution in [2.75, 3.05) is 0 Å². The van der Waals surface area contributed by atoms with E-state index in [1.54, 1.807) is 6.20 Å². The third kappa shape index (κ3) is 1.54. The molecule has 3 heterocycles. The van der Waals surface area contributed by atoms with Gasteiger partial charge in [-0.3, -0.25) is 4.98 Å². The smallest absolute Gasteiger partial charge is 0.221 e. The van der Waals surface area contributed by atoms with E-state index in [0.29, 0.717) is 6.61 Å². The maximum Gasteiger partial charge on any atom is 0.221 e. The second-order valence-corrected chi connectivity index (χ2v) is 6.69. The summed E-state index contributed by atoms with van der Waals surface area (Å²) >= 11 is 0. The van der Waals surface area contributed by atoms with Crippen LogP contribution in [0.25, 0.3) is 22.4 Å². The first-order chi connectivity index (χ1) is 11.2. The van der Waals surface area contributed by atoms with Crippen molar-refractivity contribution in [1.82, 2.24) is 9.97 Å². The van der Waals surface area contributed by atoms with E-state index in [2.05, 4.69) is 48.1 Å². The number of hydrogen-bond donors (Lipinski definition) is 0. The van der Waals surface area contributed by atoms with Crippen LogP contribution in [0.15, 0.2) is 48.8 Å². The first-order valence-corrected chi connectivity index (χ1v) is 7.88. The Morgan fingerprint density at radius 3 is 2.70 bits per heavy atom. The molecule has 0 atom stereocenters. The van der Waals surface area contributed by atoms with Crippen molar-refractivity contribution in [3.8, 4) is 28.3 Å². The van der Waals surface area contributed by atoms with E-state index in [0.717, 1.165) is 17.1 Å². The summed E-state index contributed by atoms with van der Waals surface area (Å²) in [6.07, 6.45) is 3.66. The molecule has 5 rings (SSSR count). The minimum absolute atomic E-state index is 0.0747. The quantitative estimate of drug-likeness (QED) is 0.619. The Balaban J connectivity index is 1.91. The van der Waals surface area contributed by atoms with Crippen LogP contribution >= 0.6 is 0 Å². The summed E-state index contributed by atoms with van der Waals surface area (Å²) in [6.45, 7) is 5.14. The lowest BCUT2D eigenvalue weighted by molar-refractivity contribution is 0.289. The molecule has 1 aliphatic heterocycles. The number of aromatic nitrogens is 2. The van der Waals surface area contributed by atoms with Gasteiger partial charge in [-0.15, -0.1) is 0 Å². The number of nitrogens with zero attached hydrogens (tertiary/aromatic N) is 2. The van der Waals surface area contributed by atoms with Gasteiger partial charge in [0.1, 0.15) is 6.61 Å². The van der Waals surface area contributed by atoms with E-state index in [1.807, 2.05) is 18.3 Å². The van der Waals surface area contributed by atoms with Gasteiger partial charge in [-0.2, -0.15) is 0 Å². The fraction of sp³-hybridized carbons (Fsp3) is 0.200. The number of fused-ring (bicyclic) bond motifs is 7. The van der Waals surface area contributed by atoms with Gasteiger partial charge in [-0.25, -0.2) is 4.98 Å². The molecule has 2 aliphatic rings. The summed E-state index contributed by atoms with van der Waals surface area (Å²) in [4.78, 5) is 9.06. The van der Waals surface area contributed by atoms with Gasteiger partial charge in [-0.1, -0.05) is 32.0 Å². The highest BCUT2D eigenvalue weighted by Gasteiger charge is 2.40. The van der Waals surface area contributed by atoms with Gasteiger partial charge in [0.15, 0.2) is 0 Å². The van der Waals surface area contributed by atoms with Gasteiger partial charge in [0.2, 0.25) is 5.88 Å². The Labute approximate surface area is 135 Å². The van der Waals surface area contributed by atoms with Crippen LogP contribution in [0.1, 0.15) is 30.5 Å². The molecule has 1 aliphatic carbocycles. The number of pyridine rings is 2. The van der Waals surface area contributed by atoms with Gasteiger partial charge >= 0.3 is 0 Å². The van der Waals surface area contributed by atoms with Crippen LogP contribution in [0.2, 0.25) is 0 Å². The molecule has 112 valence electrons. The van der Waals surface area contributed by atoms with Crippen molar-refractivity contribution < 1.29 is 4.74 Å². The van der Waals surface area contributed by atoms with E-state index in [1.165, 1.54) is 27.8 Å². The number of hydrogen-bond acceptors (Lipinski definition) is 3. The molecular formula is C20H16N2O. The number of ether oxygens (including phenoxy) is 1. The summed E-state index contributed by atoms with van der Waals surface area (Å²) in [7, 11) is 0. The molecule has 0 spiro atoms. The average molecular weight is 300 g/mol. The van der Waals surface area contributed by atoms with Crippen LogP contribution in [0.4, 0.5) is 0 Å². The van der Waals surface area contributed by atoms with Crippen LogP contribution in [-0.4, -0.2) is 9.97 Å². The highest BCUT2D eigenvalue weighted by molar-refractivity contribution is 5.89. The lowest BCUT2D eigenvalue weighted by Gasteiger charge is -2.28. The van der Waals surface area contributed by atoms with Gasteiger partial charge in [-0.05, 0) is 40.5 Å². The molecule has 0 radical (unpaired) electrons. The van der Waals surface area contributed by atoms with Crippen molar-refractivity contribution in [3.05, 3.63) is 65.5 Å². The standard InChI is InChI=1S/C20H16N2O/c1-20(2)15-6-4-9-21-18(15)14-8-7-12-11-23-19-13(5-3-10-22-19)16(12)17(14)20/h3-10H,11H2,1-2H3. The summed E-state index contributed by atoms with van der Waals surface area (Å²) in [5, 5.41) is 0. The number of rotatable bonds is 0. The predicted molar refractivity (Wildman–Crippen MR) is 89.4 cm³/mol. The first kappa shape index (κ1) is 12.8.